The summed E-state index contributed by atoms with van der Waals surface area (Å²) in [5.74, 6) is 2.61. The first-order chi connectivity index (χ1) is 4.83. The van der Waals surface area contributed by atoms with Crippen molar-refractivity contribution in [3.05, 3.63) is 35.4 Å². The van der Waals surface area contributed by atoms with Crippen LogP contribution >= 0.6 is 0 Å². The molecule has 0 heteroatoms. The molecule has 0 aliphatic rings. The van der Waals surface area contributed by atoms with Crippen molar-refractivity contribution in [2.75, 3.05) is 0 Å². The van der Waals surface area contributed by atoms with E-state index >= 15 is 0 Å². The lowest BCUT2D eigenvalue weighted by Crippen LogP contribution is -1.80. The Labute approximate surface area is 61.9 Å². The Bertz CT molecular complexity index is 253. The van der Waals surface area contributed by atoms with Crippen LogP contribution in [0.25, 0.3) is 0 Å². The van der Waals surface area contributed by atoms with Crippen LogP contribution in [-0.2, 0) is 6.42 Å². The van der Waals surface area contributed by atoms with Crippen LogP contribution in [0.5, 0.6) is 0 Å². The zero-order valence-corrected chi connectivity index (χ0v) is 6.09. The van der Waals surface area contributed by atoms with Gasteiger partial charge in [0.1, 0.15) is 0 Å². The molecule has 0 nitrogen and oxygen atoms in total. The van der Waals surface area contributed by atoms with Gasteiger partial charge in [0.2, 0.25) is 0 Å². The lowest BCUT2D eigenvalue weighted by atomic mass is 10.1. The van der Waals surface area contributed by atoms with Crippen LogP contribution in [0.1, 0.15) is 11.1 Å². The molecule has 0 saturated carbocycles. The van der Waals surface area contributed by atoms with Gasteiger partial charge in [-0.15, -0.1) is 12.3 Å². The number of terminal acetylenes is 1. The standard InChI is InChI=1S/C10H10/c1-3-5-10-7-4-6-9(2)8-10/h1,4,6-8H,5H2,2H3. The van der Waals surface area contributed by atoms with Gasteiger partial charge in [0, 0.05) is 6.42 Å². The summed E-state index contributed by atoms with van der Waals surface area (Å²) in [5.41, 5.74) is 2.50. The van der Waals surface area contributed by atoms with E-state index in [2.05, 4.69) is 25.0 Å². The van der Waals surface area contributed by atoms with Gasteiger partial charge in [0.25, 0.3) is 0 Å². The molecule has 50 valence electrons. The van der Waals surface area contributed by atoms with Crippen LogP contribution < -0.4 is 0 Å². The Kier molecular flexibility index (Phi) is 2.12. The number of hydrogen-bond acceptors (Lipinski definition) is 0. The fraction of sp³-hybridized carbons (Fsp3) is 0.200. The third-order valence-electron chi connectivity index (χ3n) is 1.39. The first kappa shape index (κ1) is 6.89. The predicted octanol–water partition coefficient (Wildman–Crippen LogP) is 2.17. The van der Waals surface area contributed by atoms with Crippen molar-refractivity contribution in [1.29, 1.82) is 0 Å². The second-order valence-electron chi connectivity index (χ2n) is 2.37. The van der Waals surface area contributed by atoms with Gasteiger partial charge in [-0.1, -0.05) is 29.8 Å². The molecule has 1 rings (SSSR count). The van der Waals surface area contributed by atoms with Crippen molar-refractivity contribution in [3.8, 4) is 12.3 Å². The molecule has 0 aliphatic heterocycles. The zero-order valence-electron chi connectivity index (χ0n) is 6.09. The van der Waals surface area contributed by atoms with Gasteiger partial charge < -0.3 is 0 Å². The molecule has 0 bridgehead atoms. The summed E-state index contributed by atoms with van der Waals surface area (Å²) in [6.45, 7) is 2.07. The molecule has 0 atom stereocenters. The molecule has 0 spiro atoms. The van der Waals surface area contributed by atoms with Gasteiger partial charge in [0.15, 0.2) is 0 Å². The van der Waals surface area contributed by atoms with E-state index in [0.29, 0.717) is 0 Å². The second kappa shape index (κ2) is 3.08. The van der Waals surface area contributed by atoms with Crippen molar-refractivity contribution in [1.82, 2.24) is 0 Å². The average molecular weight is 130 g/mol. The second-order valence-corrected chi connectivity index (χ2v) is 2.37. The minimum Gasteiger partial charge on any atom is -0.120 e. The highest BCUT2D eigenvalue weighted by atomic mass is 13.9. The van der Waals surface area contributed by atoms with E-state index < -0.39 is 0 Å². The molecule has 0 amide bonds. The first-order valence-electron chi connectivity index (χ1n) is 3.32. The average Bonchev–Trinajstić information content (AvgIpc) is 1.88. The molecule has 0 N–H and O–H groups in total. The van der Waals surface area contributed by atoms with Crippen LogP contribution in [0.15, 0.2) is 24.3 Å². The fourth-order valence-electron chi connectivity index (χ4n) is 0.940. The van der Waals surface area contributed by atoms with Crippen LogP contribution in [0.4, 0.5) is 0 Å². The van der Waals surface area contributed by atoms with Crippen molar-refractivity contribution >= 4 is 0 Å². The topological polar surface area (TPSA) is 0 Å². The fourth-order valence-corrected chi connectivity index (χ4v) is 0.940. The summed E-state index contributed by atoms with van der Waals surface area (Å²) < 4.78 is 0. The highest BCUT2D eigenvalue weighted by molar-refractivity contribution is 5.24. The molecule has 0 radical (unpaired) electrons. The van der Waals surface area contributed by atoms with Crippen LogP contribution in [0, 0.1) is 19.3 Å². The summed E-state index contributed by atoms with van der Waals surface area (Å²) in [4.78, 5) is 0. The maximum atomic E-state index is 5.16. The SMILES string of the molecule is C#CCc1cccc(C)c1. The molecule has 1 aromatic rings. The smallest absolute Gasteiger partial charge is 0.0337 e. The summed E-state index contributed by atoms with van der Waals surface area (Å²) in [6, 6.07) is 8.26. The predicted molar refractivity (Wildman–Crippen MR) is 43.7 cm³/mol. The maximum absolute atomic E-state index is 5.16. The zero-order chi connectivity index (χ0) is 7.40. The Morgan fingerprint density at radius 3 is 2.90 bits per heavy atom. The molecule has 0 fully saturated rings. The van der Waals surface area contributed by atoms with E-state index in [1.165, 1.54) is 11.1 Å². The van der Waals surface area contributed by atoms with Crippen molar-refractivity contribution in [2.24, 2.45) is 0 Å². The van der Waals surface area contributed by atoms with Crippen LogP contribution in [-0.4, -0.2) is 0 Å². The molecular weight excluding hydrogens is 120 g/mol. The van der Waals surface area contributed by atoms with Gasteiger partial charge in [0.05, 0.1) is 0 Å². The Morgan fingerprint density at radius 1 is 1.50 bits per heavy atom. The molecule has 0 unspecified atom stereocenters. The highest BCUT2D eigenvalue weighted by Crippen LogP contribution is 2.03. The summed E-state index contributed by atoms with van der Waals surface area (Å²) >= 11 is 0. The molecule has 1 aromatic carbocycles. The Balaban J connectivity index is 2.87. The lowest BCUT2D eigenvalue weighted by molar-refractivity contribution is 1.29. The first-order valence-corrected chi connectivity index (χ1v) is 3.32. The monoisotopic (exact) mass is 130 g/mol. The van der Waals surface area contributed by atoms with Gasteiger partial charge in [-0.25, -0.2) is 0 Å². The molecule has 0 heterocycles. The number of hydrogen-bond donors (Lipinski definition) is 0. The van der Waals surface area contributed by atoms with E-state index in [9.17, 15) is 0 Å². The highest BCUT2D eigenvalue weighted by Gasteiger charge is 1.87. The van der Waals surface area contributed by atoms with Crippen molar-refractivity contribution in [3.63, 3.8) is 0 Å². The van der Waals surface area contributed by atoms with Gasteiger partial charge >= 0.3 is 0 Å². The molecular formula is C10H10. The van der Waals surface area contributed by atoms with E-state index in [4.69, 9.17) is 6.42 Å². The molecule has 0 aromatic heterocycles. The quantitative estimate of drug-likeness (QED) is 0.511. The minimum atomic E-state index is 0.738. The summed E-state index contributed by atoms with van der Waals surface area (Å²) in [7, 11) is 0. The summed E-state index contributed by atoms with van der Waals surface area (Å²) in [6.07, 6.45) is 5.90. The van der Waals surface area contributed by atoms with Gasteiger partial charge in [-0.3, -0.25) is 0 Å². The van der Waals surface area contributed by atoms with E-state index in [0.717, 1.165) is 6.42 Å². The van der Waals surface area contributed by atoms with Crippen LogP contribution in [0.3, 0.4) is 0 Å². The third kappa shape index (κ3) is 1.63. The van der Waals surface area contributed by atoms with Crippen molar-refractivity contribution in [2.45, 2.75) is 13.3 Å². The normalized spacial score (nSPS) is 8.80. The number of rotatable bonds is 1. The Hall–Kier alpha value is -1.22. The van der Waals surface area contributed by atoms with E-state index in [1.807, 2.05) is 12.1 Å². The maximum Gasteiger partial charge on any atom is 0.0337 e. The lowest BCUT2D eigenvalue weighted by Gasteiger charge is -1.95. The van der Waals surface area contributed by atoms with Gasteiger partial charge in [-0.2, -0.15) is 0 Å². The number of aryl methyl sites for hydroxylation is 1. The molecule has 0 aliphatic carbocycles. The van der Waals surface area contributed by atoms with E-state index in [-0.39, 0.29) is 0 Å². The van der Waals surface area contributed by atoms with Crippen molar-refractivity contribution < 1.29 is 0 Å². The Morgan fingerprint density at radius 2 is 2.30 bits per heavy atom. The molecule has 10 heavy (non-hydrogen) atoms. The summed E-state index contributed by atoms with van der Waals surface area (Å²) in [5, 5.41) is 0. The largest absolute Gasteiger partial charge is 0.120 e. The van der Waals surface area contributed by atoms with E-state index in [1.54, 1.807) is 0 Å². The third-order valence-corrected chi connectivity index (χ3v) is 1.39. The molecule has 0 saturated heterocycles. The van der Waals surface area contributed by atoms with Crippen LogP contribution in [0.2, 0.25) is 0 Å². The van der Waals surface area contributed by atoms with Gasteiger partial charge in [-0.05, 0) is 12.5 Å². The minimum absolute atomic E-state index is 0.738. The number of benzene rings is 1.